The quantitative estimate of drug-likeness (QED) is 0.554. The van der Waals surface area contributed by atoms with Gasteiger partial charge in [-0.25, -0.2) is 0 Å². The lowest BCUT2D eigenvalue weighted by Gasteiger charge is -2.40. The normalized spacial score (nSPS) is 26.4. The smallest absolute Gasteiger partial charge is 0.258 e. The van der Waals surface area contributed by atoms with Crippen LogP contribution < -0.4 is 0 Å². The van der Waals surface area contributed by atoms with Gasteiger partial charge in [-0.1, -0.05) is 39.8 Å². The van der Waals surface area contributed by atoms with E-state index in [0.29, 0.717) is 11.8 Å². The van der Waals surface area contributed by atoms with Crippen LogP contribution in [0.25, 0.3) is 0 Å². The summed E-state index contributed by atoms with van der Waals surface area (Å²) < 4.78 is 0.0402. The predicted molar refractivity (Wildman–Crippen MR) is 70.6 cm³/mol. The molecule has 1 aliphatic rings. The van der Waals surface area contributed by atoms with Crippen molar-refractivity contribution in [3.8, 4) is 0 Å². The lowest BCUT2D eigenvalue weighted by Crippen LogP contribution is -2.33. The van der Waals surface area contributed by atoms with Gasteiger partial charge in [-0.15, -0.1) is 11.8 Å². The summed E-state index contributed by atoms with van der Waals surface area (Å²) in [6.45, 7) is 8.71. The predicted octanol–water partition coefficient (Wildman–Crippen LogP) is 4.22. The third-order valence-electron chi connectivity index (χ3n) is 3.92. The number of nitrogens with zero attached hydrogens (tertiary/aromatic N) is 1. The fraction of sp³-hybridized carbons (Fsp3) is 0.538. The molecule has 0 amide bonds. The van der Waals surface area contributed by atoms with Crippen molar-refractivity contribution in [3.63, 3.8) is 0 Å². The number of rotatable bonds is 1. The number of benzene rings is 1. The van der Waals surface area contributed by atoms with E-state index in [-0.39, 0.29) is 15.4 Å². The Morgan fingerprint density at radius 3 is 2.59 bits per heavy atom. The van der Waals surface area contributed by atoms with Crippen LogP contribution in [0.3, 0.4) is 0 Å². The van der Waals surface area contributed by atoms with Crippen molar-refractivity contribution in [1.29, 1.82) is 0 Å². The minimum atomic E-state index is -0.273. The van der Waals surface area contributed by atoms with Gasteiger partial charge >= 0.3 is 0 Å². The van der Waals surface area contributed by atoms with Crippen LogP contribution in [-0.4, -0.2) is 9.67 Å². The molecule has 3 nitrogen and oxygen atoms in total. The zero-order chi connectivity index (χ0) is 12.8. The molecule has 17 heavy (non-hydrogen) atoms. The zero-order valence-electron chi connectivity index (χ0n) is 10.6. The average Bonchev–Trinajstić information content (AvgIpc) is 2.25. The Labute approximate surface area is 106 Å². The van der Waals surface area contributed by atoms with E-state index in [1.165, 1.54) is 0 Å². The molecule has 0 fully saturated rings. The first-order valence-corrected chi connectivity index (χ1v) is 6.62. The Balaban J connectivity index is 2.61. The number of nitro groups is 1. The molecule has 2 atom stereocenters. The SMILES string of the molecule is CC1c2cccc([N+](=O)[O-])c2SC(C)(C)C1C. The zero-order valence-corrected chi connectivity index (χ0v) is 11.4. The van der Waals surface area contributed by atoms with E-state index in [9.17, 15) is 10.1 Å². The van der Waals surface area contributed by atoms with E-state index in [1.807, 2.05) is 6.07 Å². The van der Waals surface area contributed by atoms with Crippen LogP contribution in [0.4, 0.5) is 5.69 Å². The number of thioether (sulfide) groups is 1. The highest BCUT2D eigenvalue weighted by atomic mass is 32.2. The number of hydrogen-bond donors (Lipinski definition) is 0. The summed E-state index contributed by atoms with van der Waals surface area (Å²) in [5.41, 5.74) is 1.37. The summed E-state index contributed by atoms with van der Waals surface area (Å²) in [7, 11) is 0. The molecule has 1 aromatic carbocycles. The van der Waals surface area contributed by atoms with Crippen molar-refractivity contribution < 1.29 is 4.92 Å². The molecule has 1 aromatic rings. The maximum atomic E-state index is 11.1. The van der Waals surface area contributed by atoms with Gasteiger partial charge in [0.2, 0.25) is 0 Å². The van der Waals surface area contributed by atoms with Crippen molar-refractivity contribution in [1.82, 2.24) is 0 Å². The Bertz CT molecular complexity index is 470. The first kappa shape index (κ1) is 12.4. The van der Waals surface area contributed by atoms with Crippen molar-refractivity contribution in [2.24, 2.45) is 5.92 Å². The van der Waals surface area contributed by atoms with E-state index in [2.05, 4.69) is 27.7 Å². The lowest BCUT2D eigenvalue weighted by atomic mass is 9.80. The van der Waals surface area contributed by atoms with Crippen molar-refractivity contribution in [2.45, 2.75) is 43.3 Å². The molecule has 4 heteroatoms. The minimum Gasteiger partial charge on any atom is -0.258 e. The van der Waals surface area contributed by atoms with E-state index >= 15 is 0 Å². The molecule has 1 heterocycles. The first-order chi connectivity index (χ1) is 7.84. The van der Waals surface area contributed by atoms with Crippen LogP contribution in [0.15, 0.2) is 23.1 Å². The van der Waals surface area contributed by atoms with Gasteiger partial charge in [-0.05, 0) is 17.4 Å². The lowest BCUT2D eigenvalue weighted by molar-refractivity contribution is -0.387. The first-order valence-electron chi connectivity index (χ1n) is 5.81. The van der Waals surface area contributed by atoms with E-state index in [4.69, 9.17) is 0 Å². The van der Waals surface area contributed by atoms with Crippen LogP contribution in [0.1, 0.15) is 39.2 Å². The average molecular weight is 251 g/mol. The van der Waals surface area contributed by atoms with Gasteiger partial charge in [0.1, 0.15) is 0 Å². The minimum absolute atomic E-state index is 0.0402. The van der Waals surface area contributed by atoms with Gasteiger partial charge in [-0.3, -0.25) is 10.1 Å². The summed E-state index contributed by atoms with van der Waals surface area (Å²) in [6, 6.07) is 5.41. The molecule has 2 rings (SSSR count). The fourth-order valence-corrected chi connectivity index (χ4v) is 3.92. The van der Waals surface area contributed by atoms with E-state index < -0.39 is 0 Å². The highest BCUT2D eigenvalue weighted by Crippen LogP contribution is 2.54. The molecule has 0 spiro atoms. The molecule has 0 saturated carbocycles. The van der Waals surface area contributed by atoms with Gasteiger partial charge in [0.05, 0.1) is 9.82 Å². The van der Waals surface area contributed by atoms with Crippen molar-refractivity contribution >= 4 is 17.4 Å². The molecular weight excluding hydrogens is 234 g/mol. The highest BCUT2D eigenvalue weighted by Gasteiger charge is 2.40. The van der Waals surface area contributed by atoms with E-state index in [0.717, 1.165) is 10.5 Å². The molecule has 0 radical (unpaired) electrons. The molecule has 0 aliphatic carbocycles. The summed E-state index contributed by atoms with van der Waals surface area (Å²) in [4.78, 5) is 11.6. The van der Waals surface area contributed by atoms with Gasteiger partial charge in [0.15, 0.2) is 0 Å². The Hall–Kier alpha value is -1.03. The van der Waals surface area contributed by atoms with Crippen LogP contribution in [-0.2, 0) is 0 Å². The van der Waals surface area contributed by atoms with Crippen LogP contribution in [0.5, 0.6) is 0 Å². The molecule has 92 valence electrons. The van der Waals surface area contributed by atoms with Gasteiger partial charge in [0, 0.05) is 10.8 Å². The summed E-state index contributed by atoms with van der Waals surface area (Å²) >= 11 is 1.64. The van der Waals surface area contributed by atoms with Crippen LogP contribution in [0.2, 0.25) is 0 Å². The number of fused-ring (bicyclic) bond motifs is 1. The molecule has 0 saturated heterocycles. The van der Waals surface area contributed by atoms with Crippen LogP contribution in [0, 0.1) is 16.0 Å². The Morgan fingerprint density at radius 1 is 1.35 bits per heavy atom. The molecular formula is C13H17NO2S. The largest absolute Gasteiger partial charge is 0.283 e. The molecule has 1 aliphatic heterocycles. The second kappa shape index (κ2) is 4.02. The molecule has 0 N–H and O–H groups in total. The van der Waals surface area contributed by atoms with Gasteiger partial charge in [0.25, 0.3) is 5.69 Å². The second-order valence-corrected chi connectivity index (χ2v) is 6.90. The third kappa shape index (κ3) is 1.95. The molecule has 0 bridgehead atoms. The summed E-state index contributed by atoms with van der Waals surface area (Å²) in [5, 5.41) is 11.1. The highest BCUT2D eigenvalue weighted by molar-refractivity contribution is 8.00. The maximum absolute atomic E-state index is 11.1. The maximum Gasteiger partial charge on any atom is 0.283 e. The van der Waals surface area contributed by atoms with E-state index in [1.54, 1.807) is 23.9 Å². The standard InChI is InChI=1S/C13H17NO2S/c1-8-9(2)13(3,4)17-12-10(8)6-5-7-11(12)14(15)16/h5-9H,1-4H3. The number of nitro benzene ring substituents is 1. The second-order valence-electron chi connectivity index (χ2n) is 5.24. The molecule has 2 unspecified atom stereocenters. The summed E-state index contributed by atoms with van der Waals surface area (Å²) in [5.74, 6) is 0.864. The summed E-state index contributed by atoms with van der Waals surface area (Å²) in [6.07, 6.45) is 0. The molecule has 0 aromatic heterocycles. The number of hydrogen-bond acceptors (Lipinski definition) is 3. The third-order valence-corrected chi connectivity index (χ3v) is 5.47. The Morgan fingerprint density at radius 2 is 2.00 bits per heavy atom. The van der Waals surface area contributed by atoms with Crippen molar-refractivity contribution in [3.05, 3.63) is 33.9 Å². The van der Waals surface area contributed by atoms with Gasteiger partial charge < -0.3 is 0 Å². The topological polar surface area (TPSA) is 43.1 Å². The van der Waals surface area contributed by atoms with Gasteiger partial charge in [-0.2, -0.15) is 0 Å². The fourth-order valence-electron chi connectivity index (χ4n) is 2.38. The van der Waals surface area contributed by atoms with Crippen molar-refractivity contribution in [2.75, 3.05) is 0 Å². The Kier molecular flexibility index (Phi) is 2.94. The monoisotopic (exact) mass is 251 g/mol. The van der Waals surface area contributed by atoms with Crippen LogP contribution >= 0.6 is 11.8 Å².